The number of carbonyl (C=O) groups is 7. The lowest BCUT2D eigenvalue weighted by molar-refractivity contribution is 0.0557. The molecule has 25 heteroatoms. The van der Waals surface area contributed by atoms with Crippen LogP contribution in [-0.4, -0.2) is 166 Å². The Labute approximate surface area is 647 Å². The normalized spacial score (nSPS) is 18.1. The van der Waals surface area contributed by atoms with Gasteiger partial charge in [-0.2, -0.15) is 0 Å². The number of nitrogens with two attached hydrogens (primary N) is 1. The van der Waals surface area contributed by atoms with Gasteiger partial charge in [-0.05, 0) is 226 Å². The number of nitrogens with zero attached hydrogens (tertiary/aromatic N) is 5. The largest absolute Gasteiger partial charge is 0.496 e. The zero-order valence-corrected chi connectivity index (χ0v) is 70.3. The van der Waals surface area contributed by atoms with Crippen molar-refractivity contribution >= 4 is 81.3 Å². The Hall–Kier alpha value is -9.38. The van der Waals surface area contributed by atoms with E-state index < -0.39 is 47.2 Å². The first kappa shape index (κ1) is 88.5. The van der Waals surface area contributed by atoms with Crippen LogP contribution in [0.5, 0.6) is 5.75 Å². The average Bonchev–Trinajstić information content (AvgIpc) is 1.61. The van der Waals surface area contributed by atoms with E-state index in [4.69, 9.17) is 33.5 Å². The summed E-state index contributed by atoms with van der Waals surface area (Å²) in [5.74, 6) is -0.0863. The molecular weight excluding hydrogens is 1420 g/mol. The van der Waals surface area contributed by atoms with Gasteiger partial charge in [0.25, 0.3) is 23.6 Å². The molecule has 7 amide bonds. The molecule has 0 unspecified atom stereocenters. The number of anilines is 4. The molecule has 0 fully saturated rings. The maximum Gasteiger partial charge on any atom is 0.416 e. The van der Waals surface area contributed by atoms with Gasteiger partial charge in [-0.1, -0.05) is 102 Å². The molecule has 0 saturated carbocycles. The van der Waals surface area contributed by atoms with E-state index in [1.54, 1.807) is 65.7 Å². The number of fused-ring (bicyclic) bond motifs is 2. The maximum absolute atomic E-state index is 13.6. The fourth-order valence-corrected chi connectivity index (χ4v) is 14.4. The number of amides is 7. The molecule has 4 aromatic carbocycles. The van der Waals surface area contributed by atoms with E-state index in [0.717, 1.165) is 68.5 Å². The number of hydrogen-bond acceptors (Lipinski definition) is 16. The SMILES string of the molecule is C=CCOC(=O)N1c2cc(C)c(C)cc2C(=O)N2C=C(C)C[C@H]2[C@@H]1O.C=CCOC(=O)Nc1cc(C)c(C)cc1C(=O)N1C=C(C)C[C@H]1CO.C=CCOC(=O)Nc1cc(C)c(C)cc1C(=O)N1C=C(C)C[C@H]1CO[Si](C)(C)C(C)(C)C.COc1cc(C(=O)N2C=C(C)C[C@H]2CO[Si](C)(C)C(C)(C)C)c(N)cc1C. The molecule has 0 radical (unpaired) electrons. The number of aliphatic hydroxyl groups is 2. The molecule has 5 atom stereocenters. The van der Waals surface area contributed by atoms with Crippen molar-refractivity contribution in [1.82, 2.24) is 19.6 Å². The van der Waals surface area contributed by atoms with Crippen molar-refractivity contribution in [1.29, 1.82) is 0 Å². The van der Waals surface area contributed by atoms with Crippen molar-refractivity contribution < 1.29 is 71.6 Å². The number of nitrogens with one attached hydrogen (secondary N) is 2. The third kappa shape index (κ3) is 22.0. The van der Waals surface area contributed by atoms with Gasteiger partial charge in [0.15, 0.2) is 22.9 Å². The predicted octanol–water partition coefficient (Wildman–Crippen LogP) is 16.9. The van der Waals surface area contributed by atoms with Crippen LogP contribution in [0.25, 0.3) is 0 Å². The van der Waals surface area contributed by atoms with Gasteiger partial charge in [-0.25, -0.2) is 19.3 Å². The monoisotopic (exact) mass is 1530 g/mol. The summed E-state index contributed by atoms with van der Waals surface area (Å²) in [6, 6.07) is 13.3. The summed E-state index contributed by atoms with van der Waals surface area (Å²) in [6.45, 7) is 55.2. The lowest BCUT2D eigenvalue weighted by Crippen LogP contribution is -2.50. The zero-order chi connectivity index (χ0) is 81.7. The molecule has 0 saturated heterocycles. The van der Waals surface area contributed by atoms with Crippen LogP contribution in [-0.2, 0) is 23.1 Å². The Morgan fingerprint density at radius 3 is 1.34 bits per heavy atom. The highest BCUT2D eigenvalue weighted by molar-refractivity contribution is 6.74. The second-order valence-electron chi connectivity index (χ2n) is 31.9. The quantitative estimate of drug-likeness (QED) is 0.0252. The average molecular weight is 1540 g/mol. The first-order chi connectivity index (χ1) is 50.8. The van der Waals surface area contributed by atoms with Crippen molar-refractivity contribution in [2.45, 2.75) is 210 Å². The van der Waals surface area contributed by atoms with Gasteiger partial charge in [0.2, 0.25) is 0 Å². The number of rotatable bonds is 19. The third-order valence-electron chi connectivity index (χ3n) is 21.1. The van der Waals surface area contributed by atoms with E-state index in [0.29, 0.717) is 76.8 Å². The molecule has 9 rings (SSSR count). The van der Waals surface area contributed by atoms with Crippen LogP contribution in [0.15, 0.2) is 134 Å². The third-order valence-corrected chi connectivity index (χ3v) is 30.1. The van der Waals surface area contributed by atoms with E-state index in [-0.39, 0.29) is 78.3 Å². The minimum absolute atomic E-state index is 0.00155. The Kier molecular flexibility index (Phi) is 30.3. The van der Waals surface area contributed by atoms with Gasteiger partial charge < -0.3 is 63.3 Å². The highest BCUT2D eigenvalue weighted by Gasteiger charge is 2.46. The predicted molar refractivity (Wildman–Crippen MR) is 437 cm³/mol. The Morgan fingerprint density at radius 1 is 0.532 bits per heavy atom. The fourth-order valence-electron chi connectivity index (χ4n) is 12.3. The van der Waals surface area contributed by atoms with Crippen molar-refractivity contribution in [2.24, 2.45) is 0 Å². The molecule has 5 aliphatic heterocycles. The Balaban J connectivity index is 0.000000228. The molecule has 6 N–H and O–H groups in total. The van der Waals surface area contributed by atoms with E-state index in [1.807, 2.05) is 101 Å². The molecule has 0 bridgehead atoms. The van der Waals surface area contributed by atoms with Crippen molar-refractivity contribution in [3.05, 3.63) is 195 Å². The summed E-state index contributed by atoms with van der Waals surface area (Å²) in [7, 11) is -2.22. The molecular formula is C84H118N8O15Si2. The number of carbonyl (C=O) groups excluding carboxylic acids is 7. The molecule has 5 aliphatic rings. The molecule has 0 spiro atoms. The lowest BCUT2D eigenvalue weighted by Gasteiger charge is -2.38. The first-order valence-corrected chi connectivity index (χ1v) is 42.7. The molecule has 23 nitrogen and oxygen atoms in total. The van der Waals surface area contributed by atoms with Crippen LogP contribution in [0, 0.1) is 48.5 Å². The number of nitrogen functional groups attached to an aromatic ring is 1. The molecule has 0 aliphatic carbocycles. The molecule has 109 heavy (non-hydrogen) atoms. The van der Waals surface area contributed by atoms with Crippen molar-refractivity contribution in [2.75, 3.05) is 68.0 Å². The number of hydrogen-bond donors (Lipinski definition) is 5. The smallest absolute Gasteiger partial charge is 0.416 e. The van der Waals surface area contributed by atoms with E-state index >= 15 is 0 Å². The van der Waals surface area contributed by atoms with Crippen LogP contribution in [0.3, 0.4) is 0 Å². The molecule has 0 aromatic heterocycles. The number of aliphatic hydroxyl groups excluding tert-OH is 2. The maximum atomic E-state index is 13.6. The van der Waals surface area contributed by atoms with Crippen LogP contribution >= 0.6 is 0 Å². The topological polar surface area (TPSA) is 282 Å². The Bertz CT molecular complexity index is 4240. The van der Waals surface area contributed by atoms with Gasteiger partial charge >= 0.3 is 18.3 Å². The zero-order valence-electron chi connectivity index (χ0n) is 68.3. The van der Waals surface area contributed by atoms with Gasteiger partial charge in [-0.3, -0.25) is 29.8 Å². The standard InChI is InChI=1S/C25H38N2O4Si.C21H34N2O3Si.C19H22N2O4.C19H24N2O4/c1-10-11-30-24(29)26-22-14-19(4)18(3)13-21(22)23(28)27-15-17(2)12-20(27)16-31-32(8,9)25(5,6)7;1-14-9-16(13-26-27(7,8)21(3,4)5)23(12-14)20(24)17-11-19(25-6)15(2)10-18(17)22;1-5-6-25-19(24)21-15-9-13(4)12(3)8-14(15)17(22)20-10-11(2)7-16(20)18(21)23;1-5-6-25-19(24)20-17-9-14(4)13(3)8-16(17)18(23)21-10-12(2)7-15(21)11-22/h10,13-15,20H,1,11-12,16H2,2-9H3,(H,26,29);10-12,16H,9,13,22H2,1-8H3;5,8-10,16,18,23H,1,6-7H2,2-4H3;5,8-10,15,22H,1,6-7,11H2,2-4H3,(H,20,24)/t20-;16-;16-,18-;15-/m0000/s1. The summed E-state index contributed by atoms with van der Waals surface area (Å²) in [4.78, 5) is 97.3. The molecule has 5 heterocycles. The number of methoxy groups -OCH3 is 1. The number of ether oxygens (including phenoxy) is 4. The number of benzene rings is 4. The summed E-state index contributed by atoms with van der Waals surface area (Å²) in [6.07, 6.45) is 11.3. The highest BCUT2D eigenvalue weighted by Crippen LogP contribution is 2.42. The van der Waals surface area contributed by atoms with Gasteiger partial charge in [-0.15, -0.1) is 0 Å². The number of aryl methyl sites for hydroxylation is 7. The Morgan fingerprint density at radius 2 is 0.917 bits per heavy atom. The van der Waals surface area contributed by atoms with Gasteiger partial charge in [0.05, 0.1) is 90.4 Å². The summed E-state index contributed by atoms with van der Waals surface area (Å²) >= 11 is 0. The summed E-state index contributed by atoms with van der Waals surface area (Å²) in [5.41, 5.74) is 20.4. The van der Waals surface area contributed by atoms with Crippen LogP contribution in [0.4, 0.5) is 37.1 Å². The van der Waals surface area contributed by atoms with E-state index in [9.17, 15) is 43.8 Å². The van der Waals surface area contributed by atoms with Crippen molar-refractivity contribution in [3.63, 3.8) is 0 Å². The van der Waals surface area contributed by atoms with Gasteiger partial charge in [0, 0.05) is 30.5 Å². The molecule has 4 aromatic rings. The van der Waals surface area contributed by atoms with Crippen LogP contribution < -0.4 is 26.0 Å². The fraction of sp³-hybridized carbons (Fsp3) is 0.464. The van der Waals surface area contributed by atoms with Gasteiger partial charge in [0.1, 0.15) is 25.6 Å². The molecule has 592 valence electrons. The highest BCUT2D eigenvalue weighted by atomic mass is 28.4. The lowest BCUT2D eigenvalue weighted by atomic mass is 10.0. The summed E-state index contributed by atoms with van der Waals surface area (Å²) < 4.78 is 33.3. The van der Waals surface area contributed by atoms with Crippen LogP contribution in [0.1, 0.15) is 175 Å². The second-order valence-corrected chi connectivity index (χ2v) is 41.5. The van der Waals surface area contributed by atoms with Crippen LogP contribution in [0.2, 0.25) is 36.3 Å². The minimum atomic E-state index is -1.94. The van der Waals surface area contributed by atoms with Crippen molar-refractivity contribution in [3.8, 4) is 5.75 Å². The second kappa shape index (κ2) is 37.4. The minimum Gasteiger partial charge on any atom is -0.496 e. The van der Waals surface area contributed by atoms with E-state index in [1.165, 1.54) is 38.5 Å². The van der Waals surface area contributed by atoms with E-state index in [2.05, 4.69) is 98.1 Å². The first-order valence-electron chi connectivity index (χ1n) is 36.9. The summed E-state index contributed by atoms with van der Waals surface area (Å²) in [5, 5.41) is 26.0.